The topological polar surface area (TPSA) is 114 Å². The molecule has 7 heteroatoms. The lowest BCUT2D eigenvalue weighted by Crippen LogP contribution is -2.73. The predicted octanol–water partition coefficient (Wildman–Crippen LogP) is 3.26. The fraction of sp³-hybridized carbons (Fsp3) is 0.529. The number of thiophene rings is 1. The number of hydrogen-bond donors (Lipinski definition) is 1. The van der Waals surface area contributed by atoms with Crippen LogP contribution in [0.4, 0.5) is 0 Å². The smallest absolute Gasteiger partial charge is 0.218 e. The van der Waals surface area contributed by atoms with Gasteiger partial charge in [-0.05, 0) is 24.3 Å². The maximum atomic E-state index is 10.0. The van der Waals surface area contributed by atoms with Crippen LogP contribution in [0.15, 0.2) is 17.5 Å². The van der Waals surface area contributed by atoms with Crippen molar-refractivity contribution in [2.24, 2.45) is 16.7 Å². The Kier molecular flexibility index (Phi) is 3.03. The molecule has 1 aromatic heterocycles. The summed E-state index contributed by atoms with van der Waals surface area (Å²) in [5.74, 6) is -2.00. The van der Waals surface area contributed by atoms with E-state index in [1.165, 1.54) is 11.3 Å². The summed E-state index contributed by atoms with van der Waals surface area (Å²) in [5.41, 5.74) is -3.39. The quantitative estimate of drug-likeness (QED) is 0.844. The van der Waals surface area contributed by atoms with E-state index in [1.54, 1.807) is 0 Å². The van der Waals surface area contributed by atoms with E-state index < -0.39 is 28.6 Å². The average molecular weight is 338 g/mol. The number of hydrogen-bond acceptors (Lipinski definition) is 7. The molecule has 1 saturated carbocycles. The van der Waals surface area contributed by atoms with Gasteiger partial charge >= 0.3 is 0 Å². The van der Waals surface area contributed by atoms with E-state index in [1.807, 2.05) is 17.5 Å². The number of fused-ring (bicyclic) bond motifs is 2. The molecule has 3 aliphatic heterocycles. The van der Waals surface area contributed by atoms with Gasteiger partial charge < -0.3 is 9.47 Å². The highest BCUT2D eigenvalue weighted by Gasteiger charge is 2.80. The van der Waals surface area contributed by atoms with Crippen molar-refractivity contribution in [3.63, 3.8) is 0 Å². The molecule has 4 heterocycles. The highest BCUT2D eigenvalue weighted by Crippen LogP contribution is 2.69. The molecule has 0 unspecified atom stereocenters. The Labute approximate surface area is 143 Å². The highest BCUT2D eigenvalue weighted by atomic mass is 32.1. The summed E-state index contributed by atoms with van der Waals surface area (Å²) < 4.78 is 12.1. The Morgan fingerprint density at radius 1 is 1.21 bits per heavy atom. The van der Waals surface area contributed by atoms with E-state index in [4.69, 9.17) is 14.9 Å². The number of ether oxygens (including phenoxy) is 2. The molecule has 6 nitrogen and oxygen atoms in total. The zero-order chi connectivity index (χ0) is 17.0. The van der Waals surface area contributed by atoms with E-state index in [0.29, 0.717) is 12.8 Å². The second-order valence-electron chi connectivity index (χ2n) is 6.51. The van der Waals surface area contributed by atoms with Crippen LogP contribution in [0.3, 0.4) is 0 Å². The molecular formula is C17H14N4O2S. The minimum Gasteiger partial charge on any atom is -0.447 e. The van der Waals surface area contributed by atoms with Gasteiger partial charge in [0.05, 0.1) is 24.1 Å². The Morgan fingerprint density at radius 2 is 2.00 bits per heavy atom. The Hall–Kier alpha value is -2.40. The van der Waals surface area contributed by atoms with Crippen LogP contribution in [0.5, 0.6) is 0 Å². The zero-order valence-electron chi connectivity index (χ0n) is 12.8. The molecule has 120 valence electrons. The van der Waals surface area contributed by atoms with Crippen molar-refractivity contribution in [3.8, 4) is 18.2 Å². The van der Waals surface area contributed by atoms with Crippen LogP contribution in [-0.4, -0.2) is 11.7 Å². The Balaban J connectivity index is 2.03. The molecule has 4 atom stereocenters. The van der Waals surface area contributed by atoms with Crippen LogP contribution >= 0.6 is 11.3 Å². The fourth-order valence-electron chi connectivity index (χ4n) is 4.54. The summed E-state index contributed by atoms with van der Waals surface area (Å²) in [4.78, 5) is 0.739. The van der Waals surface area contributed by atoms with Crippen molar-refractivity contribution in [1.29, 1.82) is 21.2 Å². The maximum Gasteiger partial charge on any atom is 0.218 e. The molecule has 2 bridgehead atoms. The number of nitriles is 3. The molecule has 4 aliphatic rings. The van der Waals surface area contributed by atoms with Crippen LogP contribution in [-0.2, 0) is 9.47 Å². The van der Waals surface area contributed by atoms with Gasteiger partial charge in [-0.2, -0.15) is 15.8 Å². The lowest BCUT2D eigenvalue weighted by Gasteiger charge is -2.63. The second-order valence-corrected chi connectivity index (χ2v) is 7.49. The minimum atomic E-state index is -1.74. The van der Waals surface area contributed by atoms with Crippen LogP contribution < -0.4 is 0 Å². The molecule has 4 fully saturated rings. The van der Waals surface area contributed by atoms with Gasteiger partial charge in [0.2, 0.25) is 11.7 Å². The summed E-state index contributed by atoms with van der Waals surface area (Å²) in [6.45, 7) is 0. The fourth-order valence-corrected chi connectivity index (χ4v) is 5.36. The Morgan fingerprint density at radius 3 is 2.62 bits per heavy atom. The van der Waals surface area contributed by atoms with Crippen molar-refractivity contribution in [1.82, 2.24) is 0 Å². The monoisotopic (exact) mass is 338 g/mol. The van der Waals surface area contributed by atoms with Gasteiger partial charge in [0.1, 0.15) is 6.10 Å². The van der Waals surface area contributed by atoms with Crippen molar-refractivity contribution in [2.75, 3.05) is 0 Å². The molecule has 1 spiro atoms. The highest BCUT2D eigenvalue weighted by molar-refractivity contribution is 7.10. The summed E-state index contributed by atoms with van der Waals surface area (Å²) in [7, 11) is 0. The van der Waals surface area contributed by atoms with Crippen molar-refractivity contribution >= 4 is 17.2 Å². The largest absolute Gasteiger partial charge is 0.447 e. The van der Waals surface area contributed by atoms with Crippen molar-refractivity contribution in [2.45, 2.75) is 37.6 Å². The van der Waals surface area contributed by atoms with Gasteiger partial charge in [-0.25, -0.2) is 0 Å². The maximum absolute atomic E-state index is 10.0. The molecule has 0 amide bonds. The third kappa shape index (κ3) is 1.44. The average Bonchev–Trinajstić information content (AvgIpc) is 3.14. The normalized spacial score (nSPS) is 39.0. The zero-order valence-corrected chi connectivity index (χ0v) is 13.6. The SMILES string of the molecule is N#CC1(C#N)[C@H]2CCCC[C@]23OC(=N)[C@@]1(C#N)[C@H](c1cccs1)O3. The molecule has 24 heavy (non-hydrogen) atoms. The first-order valence-corrected chi connectivity index (χ1v) is 8.71. The van der Waals surface area contributed by atoms with E-state index in [9.17, 15) is 15.8 Å². The van der Waals surface area contributed by atoms with Crippen LogP contribution in [0.2, 0.25) is 0 Å². The standard InChI is InChI=1S/C17H14N4O2S/c18-8-15(9-19)12-5-1-2-6-17(12)22-13(11-4-3-7-24-11)16(15,10-20)14(21)23-17/h3-4,7,12-13,21H,1-2,5-6H2/t12-,13+,16-,17+/m1/s1. The first-order chi connectivity index (χ1) is 11.6. The van der Waals surface area contributed by atoms with Crippen LogP contribution in [0, 0.1) is 56.2 Å². The molecule has 3 saturated heterocycles. The van der Waals surface area contributed by atoms with Gasteiger partial charge in [-0.15, -0.1) is 11.3 Å². The molecule has 1 aromatic rings. The lowest BCUT2D eigenvalue weighted by molar-refractivity contribution is -0.360. The second kappa shape index (κ2) is 4.80. The molecule has 1 aliphatic carbocycles. The van der Waals surface area contributed by atoms with E-state index in [2.05, 4.69) is 18.2 Å². The lowest BCUT2D eigenvalue weighted by atomic mass is 9.49. The van der Waals surface area contributed by atoms with Gasteiger partial charge in [0.25, 0.3) is 0 Å². The van der Waals surface area contributed by atoms with Gasteiger partial charge in [0, 0.05) is 11.3 Å². The Bertz CT molecular complexity index is 816. The summed E-state index contributed by atoms with van der Waals surface area (Å²) in [6, 6.07) is 10.0. The minimum absolute atomic E-state index is 0.309. The van der Waals surface area contributed by atoms with Crippen LogP contribution in [0.25, 0.3) is 0 Å². The molecule has 5 rings (SSSR count). The molecule has 0 aromatic carbocycles. The number of nitrogens with zero attached hydrogens (tertiary/aromatic N) is 3. The van der Waals surface area contributed by atoms with E-state index in [0.717, 1.165) is 17.7 Å². The third-order valence-electron chi connectivity index (χ3n) is 5.62. The first kappa shape index (κ1) is 15.1. The summed E-state index contributed by atoms with van der Waals surface area (Å²) in [5, 5.41) is 40.3. The summed E-state index contributed by atoms with van der Waals surface area (Å²) in [6.07, 6.45) is 1.96. The third-order valence-corrected chi connectivity index (χ3v) is 6.53. The van der Waals surface area contributed by atoms with Gasteiger partial charge in [-0.3, -0.25) is 5.41 Å². The van der Waals surface area contributed by atoms with Crippen molar-refractivity contribution in [3.05, 3.63) is 22.4 Å². The van der Waals surface area contributed by atoms with Gasteiger partial charge in [0.15, 0.2) is 10.8 Å². The van der Waals surface area contributed by atoms with Crippen LogP contribution in [0.1, 0.15) is 36.7 Å². The number of rotatable bonds is 1. The number of nitrogens with one attached hydrogen (secondary N) is 1. The van der Waals surface area contributed by atoms with Crippen molar-refractivity contribution < 1.29 is 9.47 Å². The van der Waals surface area contributed by atoms with E-state index >= 15 is 0 Å². The van der Waals surface area contributed by atoms with E-state index in [-0.39, 0.29) is 5.90 Å². The molecular weight excluding hydrogens is 324 g/mol. The molecule has 0 radical (unpaired) electrons. The predicted molar refractivity (Wildman–Crippen MR) is 83.4 cm³/mol. The molecule has 1 N–H and O–H groups in total. The summed E-state index contributed by atoms with van der Waals surface area (Å²) >= 11 is 1.40. The first-order valence-electron chi connectivity index (χ1n) is 7.83. The van der Waals surface area contributed by atoms with Gasteiger partial charge in [-0.1, -0.05) is 12.5 Å².